The van der Waals surface area contributed by atoms with Gasteiger partial charge in [-0.15, -0.1) is 0 Å². The average molecular weight is 292 g/mol. The number of rotatable bonds is 6. The molecule has 0 bridgehead atoms. The summed E-state index contributed by atoms with van der Waals surface area (Å²) in [5, 5.41) is 3.39. The Morgan fingerprint density at radius 3 is 2.67 bits per heavy atom. The van der Waals surface area contributed by atoms with Crippen LogP contribution in [0.1, 0.15) is 57.6 Å². The molecule has 1 atom stereocenters. The van der Waals surface area contributed by atoms with Gasteiger partial charge in [-0.2, -0.15) is 0 Å². The van der Waals surface area contributed by atoms with Gasteiger partial charge in [-0.05, 0) is 43.9 Å². The minimum atomic E-state index is -0.101. The number of hydrogen-bond donors (Lipinski definition) is 1. The van der Waals surface area contributed by atoms with Gasteiger partial charge in [-0.3, -0.25) is 0 Å². The number of halogens is 1. The van der Waals surface area contributed by atoms with E-state index in [1.54, 1.807) is 6.07 Å². The number of nitrogens with one attached hydrogen (secondary N) is 1. The van der Waals surface area contributed by atoms with Crippen LogP contribution in [0.2, 0.25) is 0 Å². The van der Waals surface area contributed by atoms with Gasteiger partial charge < -0.3 is 10.2 Å². The summed E-state index contributed by atoms with van der Waals surface area (Å²) in [6, 6.07) is 5.61. The molecule has 2 nitrogen and oxygen atoms in total. The second-order valence-corrected chi connectivity index (χ2v) is 6.34. The molecule has 21 heavy (non-hydrogen) atoms. The molecule has 1 fully saturated rings. The van der Waals surface area contributed by atoms with Gasteiger partial charge in [-0.25, -0.2) is 4.39 Å². The van der Waals surface area contributed by atoms with Gasteiger partial charge in [0.1, 0.15) is 5.82 Å². The van der Waals surface area contributed by atoms with Crippen LogP contribution in [0.3, 0.4) is 0 Å². The molecular weight excluding hydrogens is 263 g/mol. The lowest BCUT2D eigenvalue weighted by molar-refractivity contribution is 0.361. The molecule has 1 aliphatic rings. The van der Waals surface area contributed by atoms with Crippen molar-refractivity contribution in [2.45, 2.75) is 52.0 Å². The second-order valence-electron chi connectivity index (χ2n) is 6.34. The van der Waals surface area contributed by atoms with Gasteiger partial charge in [-0.1, -0.05) is 38.3 Å². The van der Waals surface area contributed by atoms with Crippen molar-refractivity contribution >= 4 is 5.69 Å². The Morgan fingerprint density at radius 2 is 2.00 bits per heavy atom. The van der Waals surface area contributed by atoms with Crippen molar-refractivity contribution in [2.75, 3.05) is 25.0 Å². The van der Waals surface area contributed by atoms with E-state index in [1.807, 2.05) is 19.2 Å². The summed E-state index contributed by atoms with van der Waals surface area (Å²) in [6.07, 6.45) is 6.60. The molecule has 1 aliphatic carbocycles. The highest BCUT2D eigenvalue weighted by molar-refractivity contribution is 5.55. The molecule has 0 heterocycles. The Hall–Kier alpha value is -1.09. The lowest BCUT2D eigenvalue weighted by Gasteiger charge is -2.31. The summed E-state index contributed by atoms with van der Waals surface area (Å²) >= 11 is 0. The van der Waals surface area contributed by atoms with Crippen molar-refractivity contribution < 1.29 is 4.39 Å². The average Bonchev–Trinajstić information content (AvgIpc) is 2.48. The van der Waals surface area contributed by atoms with E-state index in [4.69, 9.17) is 0 Å². The SMILES string of the molecule is CCNC(C)c1cccc(F)c1N(C)CC1CCCCC1. The van der Waals surface area contributed by atoms with Crippen LogP contribution in [0.5, 0.6) is 0 Å². The van der Waals surface area contributed by atoms with Crippen molar-refractivity contribution in [1.29, 1.82) is 0 Å². The Morgan fingerprint density at radius 1 is 1.29 bits per heavy atom. The molecule has 0 radical (unpaired) electrons. The zero-order chi connectivity index (χ0) is 15.2. The number of benzene rings is 1. The first-order valence-electron chi connectivity index (χ1n) is 8.36. The van der Waals surface area contributed by atoms with Gasteiger partial charge in [0.2, 0.25) is 0 Å². The molecule has 1 N–H and O–H groups in total. The molecule has 1 unspecified atom stereocenters. The van der Waals surface area contributed by atoms with Crippen LogP contribution >= 0.6 is 0 Å². The number of nitrogens with zero attached hydrogens (tertiary/aromatic N) is 1. The zero-order valence-electron chi connectivity index (χ0n) is 13.7. The van der Waals surface area contributed by atoms with E-state index in [2.05, 4.69) is 24.1 Å². The standard InChI is InChI=1S/C18H29FN2/c1-4-20-14(2)16-11-8-12-17(19)18(16)21(3)13-15-9-6-5-7-10-15/h8,11-12,14-15,20H,4-7,9-10,13H2,1-3H3. The van der Waals surface area contributed by atoms with Gasteiger partial charge in [0, 0.05) is 19.6 Å². The van der Waals surface area contributed by atoms with Crippen molar-refractivity contribution in [3.63, 3.8) is 0 Å². The van der Waals surface area contributed by atoms with Crippen molar-refractivity contribution in [2.24, 2.45) is 5.92 Å². The zero-order valence-corrected chi connectivity index (χ0v) is 13.7. The summed E-state index contributed by atoms with van der Waals surface area (Å²) in [6.45, 7) is 6.05. The van der Waals surface area contributed by atoms with Crippen LogP contribution in [0.25, 0.3) is 0 Å². The van der Waals surface area contributed by atoms with Crippen molar-refractivity contribution in [3.8, 4) is 0 Å². The van der Waals surface area contributed by atoms with E-state index >= 15 is 0 Å². The second kappa shape index (κ2) is 7.79. The van der Waals surface area contributed by atoms with Gasteiger partial charge in [0.25, 0.3) is 0 Å². The molecule has 0 aliphatic heterocycles. The van der Waals surface area contributed by atoms with E-state index in [0.717, 1.165) is 24.3 Å². The van der Waals surface area contributed by atoms with Crippen LogP contribution in [0.15, 0.2) is 18.2 Å². The molecule has 0 aromatic heterocycles. The smallest absolute Gasteiger partial charge is 0.146 e. The predicted molar refractivity (Wildman–Crippen MR) is 88.3 cm³/mol. The Labute approximate surface area is 128 Å². The van der Waals surface area contributed by atoms with E-state index in [-0.39, 0.29) is 11.9 Å². The summed E-state index contributed by atoms with van der Waals surface area (Å²) in [5.74, 6) is 0.612. The lowest BCUT2D eigenvalue weighted by Crippen LogP contribution is -2.30. The topological polar surface area (TPSA) is 15.3 Å². The van der Waals surface area contributed by atoms with E-state index in [9.17, 15) is 4.39 Å². The lowest BCUT2D eigenvalue weighted by atomic mass is 9.88. The van der Waals surface area contributed by atoms with Gasteiger partial charge in [0.15, 0.2) is 0 Å². The maximum absolute atomic E-state index is 14.4. The summed E-state index contributed by atoms with van der Waals surface area (Å²) in [5.41, 5.74) is 1.84. The Bertz CT molecular complexity index is 441. The number of para-hydroxylation sites is 1. The minimum absolute atomic E-state index is 0.101. The molecule has 1 aromatic carbocycles. The van der Waals surface area contributed by atoms with Crippen LogP contribution in [0, 0.1) is 11.7 Å². The van der Waals surface area contributed by atoms with Gasteiger partial charge in [0.05, 0.1) is 5.69 Å². The third-order valence-corrected chi connectivity index (χ3v) is 4.63. The molecule has 3 heteroatoms. The largest absolute Gasteiger partial charge is 0.372 e. The van der Waals surface area contributed by atoms with Crippen LogP contribution in [-0.2, 0) is 0 Å². The first-order valence-corrected chi connectivity index (χ1v) is 8.36. The molecule has 0 spiro atoms. The predicted octanol–water partition coefficient (Wildman–Crippen LogP) is 4.51. The van der Waals surface area contributed by atoms with Crippen LogP contribution in [0.4, 0.5) is 10.1 Å². The fourth-order valence-corrected chi connectivity index (χ4v) is 3.55. The molecule has 118 valence electrons. The Kier molecular flexibility index (Phi) is 6.04. The third kappa shape index (κ3) is 4.19. The highest BCUT2D eigenvalue weighted by atomic mass is 19.1. The number of hydrogen-bond acceptors (Lipinski definition) is 2. The van der Waals surface area contributed by atoms with Crippen molar-refractivity contribution in [1.82, 2.24) is 5.32 Å². The van der Waals surface area contributed by atoms with Crippen molar-refractivity contribution in [3.05, 3.63) is 29.6 Å². The molecule has 0 saturated heterocycles. The van der Waals surface area contributed by atoms with Crippen LogP contribution in [-0.4, -0.2) is 20.1 Å². The Balaban J connectivity index is 2.16. The highest BCUT2D eigenvalue weighted by Gasteiger charge is 2.21. The minimum Gasteiger partial charge on any atom is -0.372 e. The first-order chi connectivity index (χ1) is 10.1. The van der Waals surface area contributed by atoms with Crippen LogP contribution < -0.4 is 10.2 Å². The normalized spacial score (nSPS) is 17.7. The number of anilines is 1. The van der Waals surface area contributed by atoms with E-state index in [1.165, 1.54) is 32.1 Å². The quantitative estimate of drug-likeness (QED) is 0.829. The third-order valence-electron chi connectivity index (χ3n) is 4.63. The molecule has 1 saturated carbocycles. The monoisotopic (exact) mass is 292 g/mol. The molecular formula is C18H29FN2. The first kappa shape index (κ1) is 16.3. The molecule has 0 amide bonds. The fraction of sp³-hybridized carbons (Fsp3) is 0.667. The van der Waals surface area contributed by atoms with Gasteiger partial charge >= 0.3 is 0 Å². The maximum atomic E-state index is 14.4. The summed E-state index contributed by atoms with van der Waals surface area (Å²) in [7, 11) is 2.04. The van der Waals surface area contributed by atoms with E-state index in [0.29, 0.717) is 5.92 Å². The molecule has 1 aromatic rings. The molecule has 2 rings (SSSR count). The van der Waals surface area contributed by atoms with E-state index < -0.39 is 0 Å². The highest BCUT2D eigenvalue weighted by Crippen LogP contribution is 2.31. The fourth-order valence-electron chi connectivity index (χ4n) is 3.55. The summed E-state index contributed by atoms with van der Waals surface area (Å²) in [4.78, 5) is 2.13. The summed E-state index contributed by atoms with van der Waals surface area (Å²) < 4.78 is 14.4. The maximum Gasteiger partial charge on any atom is 0.146 e.